The quantitative estimate of drug-likeness (QED) is 0.0935. The van der Waals surface area contributed by atoms with Gasteiger partial charge in [-0.25, -0.2) is 29.9 Å². The second kappa shape index (κ2) is 17.8. The highest BCUT2D eigenvalue weighted by Gasteiger charge is 2.32. The predicted molar refractivity (Wildman–Crippen MR) is 245 cm³/mol. The fourth-order valence-corrected chi connectivity index (χ4v) is 8.27. The van der Waals surface area contributed by atoms with Crippen LogP contribution in [-0.2, 0) is 0 Å². The lowest BCUT2D eigenvalue weighted by molar-refractivity contribution is 0.333. The molecular formula is C48H50N8O8. The Kier molecular flexibility index (Phi) is 11.7. The van der Waals surface area contributed by atoms with E-state index in [0.717, 1.165) is 0 Å². The van der Waals surface area contributed by atoms with E-state index in [9.17, 15) is 0 Å². The van der Waals surface area contributed by atoms with Crippen molar-refractivity contribution in [3.8, 4) is 91.5 Å². The average Bonchev–Trinajstić information content (AvgIpc) is 4.04. The van der Waals surface area contributed by atoms with Gasteiger partial charge in [0.15, 0.2) is 23.3 Å². The molecule has 0 aliphatic carbocycles. The molecule has 4 aromatic carbocycles. The van der Waals surface area contributed by atoms with Crippen LogP contribution in [0.15, 0.2) is 48.5 Å². The van der Waals surface area contributed by atoms with Crippen LogP contribution in [-0.4, -0.2) is 92.7 Å². The van der Waals surface area contributed by atoms with Gasteiger partial charge in [0.25, 0.3) is 0 Å². The number of hydrogen-bond acceptors (Lipinski definition) is 14. The van der Waals surface area contributed by atoms with Gasteiger partial charge in [-0.15, -0.1) is 0 Å². The number of H-pyrrole nitrogens is 2. The zero-order valence-corrected chi connectivity index (χ0v) is 37.2. The Morgan fingerprint density at radius 3 is 0.672 bits per heavy atom. The Hall–Kier alpha value is -7.36. The van der Waals surface area contributed by atoms with E-state index in [-0.39, 0.29) is 0 Å². The molecule has 0 saturated heterocycles. The third kappa shape index (κ3) is 7.12. The highest BCUT2D eigenvalue weighted by molar-refractivity contribution is 6.13. The second-order valence-corrected chi connectivity index (χ2v) is 14.3. The molecule has 2 N–H and O–H groups in total. The molecule has 7 aromatic rings. The largest absolute Gasteiger partial charge is 0.493 e. The summed E-state index contributed by atoms with van der Waals surface area (Å²) in [5.41, 5.74) is 4.07. The van der Waals surface area contributed by atoms with Crippen LogP contribution < -0.4 is 37.9 Å². The van der Waals surface area contributed by atoms with Crippen molar-refractivity contribution in [3.63, 3.8) is 0 Å². The summed E-state index contributed by atoms with van der Waals surface area (Å²) in [6, 6.07) is 15.0. The lowest BCUT2D eigenvalue weighted by Gasteiger charge is -2.13. The number of aromatic nitrogens is 8. The van der Waals surface area contributed by atoms with Crippen LogP contribution in [0.25, 0.3) is 89.7 Å². The minimum absolute atomic E-state index is 0.324. The van der Waals surface area contributed by atoms with E-state index < -0.39 is 0 Å². The van der Waals surface area contributed by atoms with Gasteiger partial charge >= 0.3 is 0 Å². The molecule has 3 aromatic heterocycles. The number of nitrogens with zero attached hydrogens (tertiary/aromatic N) is 6. The van der Waals surface area contributed by atoms with Gasteiger partial charge in [0.05, 0.1) is 96.7 Å². The molecule has 0 unspecified atom stereocenters. The number of rotatable bonds is 16. The predicted octanol–water partition coefficient (Wildman–Crippen LogP) is 10.1. The molecule has 2 aliphatic heterocycles. The van der Waals surface area contributed by atoms with Gasteiger partial charge in [0.2, 0.25) is 0 Å². The molecule has 64 heavy (non-hydrogen) atoms. The highest BCUT2D eigenvalue weighted by atomic mass is 16.5. The first-order valence-electron chi connectivity index (χ1n) is 21.9. The number of fused-ring (bicyclic) bond motifs is 20. The van der Waals surface area contributed by atoms with Gasteiger partial charge in [-0.3, -0.25) is 0 Å². The Morgan fingerprint density at radius 2 is 0.469 bits per heavy atom. The standard InChI is InChI=1S/C48H50N8O8/c1-9-57-25-17-18-26(58-10-2)34-33(25)41-49-42(34)54-44-37-29(61-13-5)21-22-30(62-14-6)38(37)46(51-44)56-48-40-32(64-16-8)24-23-31(63-15-7)39(40)47(52-48)55-45-36-28(60-12-4)20-19-27(59-11-3)35(36)43(50-45)53-41/h17-24H,9-16H2,1-8H3,(H2,49,50,51,52,53,54,55,56). The van der Waals surface area contributed by atoms with Crippen LogP contribution in [0.4, 0.5) is 0 Å². The zero-order chi connectivity index (χ0) is 44.5. The molecule has 0 spiro atoms. The average molecular weight is 867 g/mol. The lowest BCUT2D eigenvalue weighted by Crippen LogP contribution is -1.99. The van der Waals surface area contributed by atoms with E-state index in [2.05, 4.69) is 9.97 Å². The van der Waals surface area contributed by atoms with E-state index >= 15 is 0 Å². The number of aromatic amines is 2. The fraction of sp³-hybridized carbons (Fsp3) is 0.333. The molecule has 9 rings (SSSR count). The molecule has 0 atom stereocenters. The zero-order valence-electron chi connectivity index (χ0n) is 37.2. The van der Waals surface area contributed by atoms with Gasteiger partial charge in [-0.05, 0) is 104 Å². The number of nitrogens with one attached hydrogen (secondary N) is 2. The maximum atomic E-state index is 6.29. The molecule has 16 nitrogen and oxygen atoms in total. The molecule has 0 fully saturated rings. The normalized spacial score (nSPS) is 11.6. The third-order valence-corrected chi connectivity index (χ3v) is 10.5. The summed E-state index contributed by atoms with van der Waals surface area (Å²) >= 11 is 0. The first kappa shape index (κ1) is 42.0. The lowest BCUT2D eigenvalue weighted by atomic mass is 10.1. The van der Waals surface area contributed by atoms with Crippen LogP contribution in [0, 0.1) is 0 Å². The Balaban J connectivity index is 1.57. The summed E-state index contributed by atoms with van der Waals surface area (Å²) in [4.78, 5) is 38.7. The van der Waals surface area contributed by atoms with Crippen molar-refractivity contribution in [1.29, 1.82) is 0 Å². The van der Waals surface area contributed by atoms with E-state index in [0.29, 0.717) is 189 Å². The van der Waals surface area contributed by atoms with Crippen molar-refractivity contribution < 1.29 is 37.9 Å². The number of benzene rings is 4. The van der Waals surface area contributed by atoms with Crippen molar-refractivity contribution in [2.75, 3.05) is 52.9 Å². The first-order valence-corrected chi connectivity index (χ1v) is 21.9. The van der Waals surface area contributed by atoms with Gasteiger partial charge < -0.3 is 47.9 Å². The molecule has 16 heteroatoms. The monoisotopic (exact) mass is 866 g/mol. The summed E-state index contributed by atoms with van der Waals surface area (Å²) in [5.74, 6) is 5.80. The van der Waals surface area contributed by atoms with E-state index in [1.165, 1.54) is 0 Å². The molecule has 0 radical (unpaired) electrons. The maximum absolute atomic E-state index is 6.29. The summed E-state index contributed by atoms with van der Waals surface area (Å²) in [6.45, 7) is 18.6. The summed E-state index contributed by atoms with van der Waals surface area (Å²) in [7, 11) is 0. The number of ether oxygens (including phenoxy) is 8. The van der Waals surface area contributed by atoms with Crippen LogP contribution in [0.5, 0.6) is 46.0 Å². The maximum Gasteiger partial charge on any atom is 0.168 e. The topological polar surface area (TPSA) is 183 Å². The Bertz CT molecular complexity index is 2690. The summed E-state index contributed by atoms with van der Waals surface area (Å²) in [6.07, 6.45) is 0. The SMILES string of the molecule is CCOc1ccc(OCC)c2c1-c1nc-2nc2[nH]c(nc3nc(nc4[nH]c(n1)c1c(OCC)ccc(OCC)c41)-c1c(OCC)ccc(OCC)c1-3)c1c(OCC)ccc(OCC)c21. The van der Waals surface area contributed by atoms with Gasteiger partial charge in [0, 0.05) is 0 Å². The fourth-order valence-electron chi connectivity index (χ4n) is 8.27. The van der Waals surface area contributed by atoms with Crippen molar-refractivity contribution in [1.82, 2.24) is 39.9 Å². The second-order valence-electron chi connectivity index (χ2n) is 14.3. The highest BCUT2D eigenvalue weighted by Crippen LogP contribution is 2.50. The summed E-state index contributed by atoms with van der Waals surface area (Å²) < 4.78 is 50.3. The summed E-state index contributed by atoms with van der Waals surface area (Å²) in [5, 5.41) is 2.54. The van der Waals surface area contributed by atoms with Crippen molar-refractivity contribution in [2.45, 2.75) is 55.4 Å². The first-order chi connectivity index (χ1) is 31.4. The molecule has 5 heterocycles. The van der Waals surface area contributed by atoms with E-state index in [1.54, 1.807) is 0 Å². The van der Waals surface area contributed by atoms with Gasteiger partial charge in [-0.1, -0.05) is 0 Å². The minimum atomic E-state index is 0.324. The Labute approximate surface area is 369 Å². The molecular weight excluding hydrogens is 817 g/mol. The van der Waals surface area contributed by atoms with Gasteiger partial charge in [0.1, 0.15) is 68.6 Å². The molecule has 2 aliphatic rings. The molecule has 330 valence electrons. The van der Waals surface area contributed by atoms with Crippen LogP contribution in [0.2, 0.25) is 0 Å². The smallest absolute Gasteiger partial charge is 0.168 e. The molecule has 8 bridgehead atoms. The van der Waals surface area contributed by atoms with Crippen molar-refractivity contribution in [3.05, 3.63) is 48.5 Å². The van der Waals surface area contributed by atoms with Crippen molar-refractivity contribution in [2.24, 2.45) is 0 Å². The third-order valence-electron chi connectivity index (χ3n) is 10.5. The van der Waals surface area contributed by atoms with Crippen LogP contribution in [0.3, 0.4) is 0 Å². The van der Waals surface area contributed by atoms with E-state index in [4.69, 9.17) is 67.8 Å². The van der Waals surface area contributed by atoms with E-state index in [1.807, 2.05) is 104 Å². The minimum Gasteiger partial charge on any atom is -0.493 e. The van der Waals surface area contributed by atoms with Crippen LogP contribution >= 0.6 is 0 Å². The van der Waals surface area contributed by atoms with Gasteiger partial charge in [-0.2, -0.15) is 0 Å². The number of hydrogen-bond donors (Lipinski definition) is 2. The van der Waals surface area contributed by atoms with Crippen LogP contribution in [0.1, 0.15) is 55.4 Å². The van der Waals surface area contributed by atoms with Crippen molar-refractivity contribution >= 4 is 44.1 Å². The molecule has 0 saturated carbocycles. The molecule has 0 amide bonds. The Morgan fingerprint density at radius 1 is 0.281 bits per heavy atom.